The van der Waals surface area contributed by atoms with Gasteiger partial charge in [-0.15, -0.1) is 0 Å². The van der Waals surface area contributed by atoms with Gasteiger partial charge in [-0.3, -0.25) is 0 Å². The van der Waals surface area contributed by atoms with E-state index in [1.165, 1.54) is 0 Å². The molecule has 6 heteroatoms. The van der Waals surface area contributed by atoms with Gasteiger partial charge in [0.25, 0.3) is 0 Å². The fraction of sp³-hybridized carbons (Fsp3) is 0.800. The summed E-state index contributed by atoms with van der Waals surface area (Å²) in [5.74, 6) is -1.41. The lowest BCUT2D eigenvalue weighted by Gasteiger charge is -2.08. The Morgan fingerprint density at radius 1 is 1.18 bits per heavy atom. The first-order valence-electron chi connectivity index (χ1n) is 2.96. The summed E-state index contributed by atoms with van der Waals surface area (Å²) in [4.78, 5) is 10.2. The molecule has 0 aromatic rings. The van der Waals surface area contributed by atoms with E-state index < -0.39 is 30.6 Å². The zero-order chi connectivity index (χ0) is 8.59. The lowest BCUT2D eigenvalue weighted by Crippen LogP contribution is -2.36. The number of carbonyl (C=O) groups is 1. The molecule has 0 radical (unpaired) electrons. The average Bonchev–Trinajstić information content (AvgIpc) is 2.17. The van der Waals surface area contributed by atoms with E-state index in [4.69, 9.17) is 20.4 Å². The van der Waals surface area contributed by atoms with Crippen LogP contribution in [0.4, 0.5) is 0 Å². The molecule has 1 heterocycles. The van der Waals surface area contributed by atoms with Crippen LogP contribution >= 0.6 is 0 Å². The molecule has 4 atom stereocenters. The number of carboxylic acid groups (broad SMARTS) is 1. The molecule has 1 aliphatic rings. The minimum absolute atomic E-state index is 1.41. The first kappa shape index (κ1) is 8.41. The normalized spacial score (nSPS) is 44.3. The smallest absolute Gasteiger partial charge is 0.335 e. The maximum atomic E-state index is 10.2. The van der Waals surface area contributed by atoms with Crippen LogP contribution in [0, 0.1) is 0 Å². The highest BCUT2D eigenvalue weighted by molar-refractivity contribution is 5.73. The molecular formula is C5H8O6. The number of aliphatic hydroxyl groups is 3. The first-order valence-corrected chi connectivity index (χ1v) is 2.96. The standard InChI is InChI=1S/C5H8O6/c6-1-2(7)5(10)11-3(1)4(8)9/h1-3,5-7,10H,(H,8,9)/t1-,2-,3-,5-/m1/s1. The highest BCUT2D eigenvalue weighted by Gasteiger charge is 2.45. The van der Waals surface area contributed by atoms with Crippen LogP contribution in [0.3, 0.4) is 0 Å². The van der Waals surface area contributed by atoms with Gasteiger partial charge in [0.1, 0.15) is 12.2 Å². The highest BCUT2D eigenvalue weighted by atomic mass is 16.7. The summed E-state index contributed by atoms with van der Waals surface area (Å²) in [5.41, 5.74) is 0. The second-order valence-corrected chi connectivity index (χ2v) is 2.27. The van der Waals surface area contributed by atoms with Gasteiger partial charge in [-0.25, -0.2) is 4.79 Å². The summed E-state index contributed by atoms with van der Waals surface area (Å²) < 4.78 is 4.30. The molecule has 0 saturated carbocycles. The summed E-state index contributed by atoms with van der Waals surface area (Å²) in [5, 5.41) is 34.7. The molecule has 0 aromatic heterocycles. The van der Waals surface area contributed by atoms with Crippen LogP contribution in [0.5, 0.6) is 0 Å². The van der Waals surface area contributed by atoms with E-state index in [0.29, 0.717) is 0 Å². The molecule has 0 bridgehead atoms. The van der Waals surface area contributed by atoms with Gasteiger partial charge in [0.15, 0.2) is 12.4 Å². The van der Waals surface area contributed by atoms with Crippen LogP contribution < -0.4 is 0 Å². The summed E-state index contributed by atoms with van der Waals surface area (Å²) >= 11 is 0. The molecule has 1 saturated heterocycles. The monoisotopic (exact) mass is 164 g/mol. The second-order valence-electron chi connectivity index (χ2n) is 2.27. The first-order chi connectivity index (χ1) is 5.04. The van der Waals surface area contributed by atoms with Crippen molar-refractivity contribution in [3.05, 3.63) is 0 Å². The number of carboxylic acids is 1. The summed E-state index contributed by atoms with van der Waals surface area (Å²) in [6.45, 7) is 0. The lowest BCUT2D eigenvalue weighted by atomic mass is 10.1. The van der Waals surface area contributed by atoms with Gasteiger partial charge in [-0.1, -0.05) is 0 Å². The largest absolute Gasteiger partial charge is 0.479 e. The quantitative estimate of drug-likeness (QED) is 0.341. The predicted octanol–water partition coefficient (Wildman–Crippen LogP) is -2.49. The predicted molar refractivity (Wildman–Crippen MR) is 30.5 cm³/mol. The molecule has 4 N–H and O–H groups in total. The molecule has 1 aliphatic heterocycles. The molecule has 6 nitrogen and oxygen atoms in total. The van der Waals surface area contributed by atoms with Crippen molar-refractivity contribution in [1.29, 1.82) is 0 Å². The average molecular weight is 164 g/mol. The maximum Gasteiger partial charge on any atom is 0.335 e. The Bertz CT molecular complexity index is 168. The van der Waals surface area contributed by atoms with Crippen LogP contribution in [-0.2, 0) is 9.53 Å². The van der Waals surface area contributed by atoms with Gasteiger partial charge < -0.3 is 25.2 Å². The Morgan fingerprint density at radius 2 is 1.73 bits per heavy atom. The van der Waals surface area contributed by atoms with Crippen molar-refractivity contribution < 1.29 is 30.0 Å². The summed E-state index contributed by atoms with van der Waals surface area (Å²) in [7, 11) is 0. The molecule has 11 heavy (non-hydrogen) atoms. The van der Waals surface area contributed by atoms with Crippen molar-refractivity contribution in [2.75, 3.05) is 0 Å². The van der Waals surface area contributed by atoms with Crippen LogP contribution in [0.25, 0.3) is 0 Å². The minimum Gasteiger partial charge on any atom is -0.479 e. The fourth-order valence-corrected chi connectivity index (χ4v) is 0.863. The van der Waals surface area contributed by atoms with Gasteiger partial charge >= 0.3 is 5.97 Å². The van der Waals surface area contributed by atoms with Gasteiger partial charge in [-0.2, -0.15) is 0 Å². The van der Waals surface area contributed by atoms with Crippen molar-refractivity contribution in [3.63, 3.8) is 0 Å². The Morgan fingerprint density at radius 3 is 1.91 bits per heavy atom. The summed E-state index contributed by atoms with van der Waals surface area (Å²) in [6, 6.07) is 0. The molecule has 1 rings (SSSR count). The molecule has 0 aromatic carbocycles. The number of aliphatic carboxylic acids is 1. The van der Waals surface area contributed by atoms with E-state index >= 15 is 0 Å². The minimum atomic E-state index is -1.62. The van der Waals surface area contributed by atoms with Crippen molar-refractivity contribution in [2.24, 2.45) is 0 Å². The number of hydrogen-bond acceptors (Lipinski definition) is 5. The van der Waals surface area contributed by atoms with Crippen LogP contribution in [0.15, 0.2) is 0 Å². The zero-order valence-electron chi connectivity index (χ0n) is 5.41. The maximum absolute atomic E-state index is 10.2. The number of hydrogen-bond donors (Lipinski definition) is 4. The number of rotatable bonds is 1. The van der Waals surface area contributed by atoms with Crippen LogP contribution in [-0.4, -0.2) is 51.0 Å². The molecular weight excluding hydrogens is 156 g/mol. The SMILES string of the molecule is O=C(O)[C@@H]1O[C@@H](O)[C@H](O)[C@H]1O. The van der Waals surface area contributed by atoms with Crippen molar-refractivity contribution in [1.82, 2.24) is 0 Å². The Hall–Kier alpha value is -0.690. The summed E-state index contributed by atoms with van der Waals surface area (Å²) in [6.07, 6.45) is -6.27. The molecule has 0 aliphatic carbocycles. The Kier molecular flexibility index (Phi) is 2.10. The topological polar surface area (TPSA) is 107 Å². The molecule has 0 amide bonds. The Balaban J connectivity index is 2.67. The lowest BCUT2D eigenvalue weighted by molar-refractivity contribution is -0.165. The van der Waals surface area contributed by atoms with Gasteiger partial charge in [0.05, 0.1) is 0 Å². The molecule has 64 valence electrons. The van der Waals surface area contributed by atoms with E-state index in [1.54, 1.807) is 0 Å². The van der Waals surface area contributed by atoms with Crippen molar-refractivity contribution >= 4 is 5.97 Å². The highest BCUT2D eigenvalue weighted by Crippen LogP contribution is 2.19. The van der Waals surface area contributed by atoms with Crippen LogP contribution in [0.2, 0.25) is 0 Å². The van der Waals surface area contributed by atoms with E-state index in [0.717, 1.165) is 0 Å². The molecule has 1 fully saturated rings. The molecule has 0 spiro atoms. The second kappa shape index (κ2) is 2.74. The van der Waals surface area contributed by atoms with E-state index in [1.807, 2.05) is 0 Å². The third-order valence-electron chi connectivity index (χ3n) is 1.48. The van der Waals surface area contributed by atoms with Crippen LogP contribution in [0.1, 0.15) is 0 Å². The fourth-order valence-electron chi connectivity index (χ4n) is 0.863. The zero-order valence-corrected chi connectivity index (χ0v) is 5.41. The van der Waals surface area contributed by atoms with Crippen molar-refractivity contribution in [2.45, 2.75) is 24.6 Å². The third kappa shape index (κ3) is 1.33. The number of aliphatic hydroxyl groups excluding tert-OH is 3. The number of ether oxygens (including phenoxy) is 1. The molecule has 0 unspecified atom stereocenters. The van der Waals surface area contributed by atoms with Gasteiger partial charge in [0, 0.05) is 0 Å². The van der Waals surface area contributed by atoms with Gasteiger partial charge in [0.2, 0.25) is 0 Å². The van der Waals surface area contributed by atoms with E-state index in [2.05, 4.69) is 4.74 Å². The van der Waals surface area contributed by atoms with Gasteiger partial charge in [-0.05, 0) is 0 Å². The van der Waals surface area contributed by atoms with Crippen molar-refractivity contribution in [3.8, 4) is 0 Å². The van der Waals surface area contributed by atoms with E-state index in [9.17, 15) is 4.79 Å². The third-order valence-corrected chi connectivity index (χ3v) is 1.48. The Labute approximate surface area is 61.6 Å². The van der Waals surface area contributed by atoms with E-state index in [-0.39, 0.29) is 0 Å².